The van der Waals surface area contributed by atoms with Crippen molar-refractivity contribution >= 4 is 17.4 Å². The number of amides is 2. The molecule has 1 aromatic carbocycles. The maximum Gasteiger partial charge on any atom is 0.277 e. The SMILES string of the molecule is CCCCCCCCCCN1C(=O)C(c2ccc(C)cc2C)=C(N(C)CCO)C1=O. The van der Waals surface area contributed by atoms with E-state index in [0.29, 0.717) is 24.4 Å². The third-order valence-corrected chi connectivity index (χ3v) is 5.85. The fourth-order valence-corrected chi connectivity index (χ4v) is 4.12. The van der Waals surface area contributed by atoms with Crippen LogP contribution in [0.2, 0.25) is 0 Å². The van der Waals surface area contributed by atoms with Crippen molar-refractivity contribution in [1.29, 1.82) is 0 Å². The summed E-state index contributed by atoms with van der Waals surface area (Å²) in [5.41, 5.74) is 3.77. The Balaban J connectivity index is 2.10. The average molecular weight is 415 g/mol. The van der Waals surface area contributed by atoms with Gasteiger partial charge in [-0.15, -0.1) is 0 Å². The van der Waals surface area contributed by atoms with Crippen LogP contribution in [0.3, 0.4) is 0 Å². The van der Waals surface area contributed by atoms with Gasteiger partial charge in [0.15, 0.2) is 0 Å². The zero-order valence-electron chi connectivity index (χ0n) is 19.2. The molecule has 1 aliphatic rings. The highest BCUT2D eigenvalue weighted by molar-refractivity contribution is 6.35. The van der Waals surface area contributed by atoms with Gasteiger partial charge in [0.25, 0.3) is 11.8 Å². The Morgan fingerprint density at radius 3 is 2.17 bits per heavy atom. The predicted octanol–water partition coefficient (Wildman–Crippen LogP) is 4.45. The molecule has 0 atom stereocenters. The van der Waals surface area contributed by atoms with Crippen molar-refractivity contribution in [2.24, 2.45) is 0 Å². The van der Waals surface area contributed by atoms with E-state index < -0.39 is 0 Å². The number of imide groups is 1. The predicted molar refractivity (Wildman–Crippen MR) is 122 cm³/mol. The minimum atomic E-state index is -0.242. The average Bonchev–Trinajstić information content (AvgIpc) is 2.94. The minimum Gasteiger partial charge on any atom is -0.395 e. The van der Waals surface area contributed by atoms with Gasteiger partial charge in [-0.3, -0.25) is 14.5 Å². The molecular formula is C25H38N2O3. The second-order valence-electron chi connectivity index (χ2n) is 8.42. The van der Waals surface area contributed by atoms with Crippen molar-refractivity contribution < 1.29 is 14.7 Å². The van der Waals surface area contributed by atoms with E-state index in [1.807, 2.05) is 32.0 Å². The van der Waals surface area contributed by atoms with E-state index in [-0.39, 0.29) is 18.4 Å². The molecule has 0 radical (unpaired) electrons. The lowest BCUT2D eigenvalue weighted by atomic mass is 9.97. The van der Waals surface area contributed by atoms with Gasteiger partial charge in [0, 0.05) is 20.1 Å². The van der Waals surface area contributed by atoms with Gasteiger partial charge in [-0.1, -0.05) is 75.6 Å². The van der Waals surface area contributed by atoms with E-state index in [1.54, 1.807) is 11.9 Å². The van der Waals surface area contributed by atoms with Crippen LogP contribution in [-0.2, 0) is 9.59 Å². The van der Waals surface area contributed by atoms with Crippen LogP contribution in [-0.4, -0.2) is 53.5 Å². The molecule has 5 heteroatoms. The number of carbonyl (C=O) groups is 2. The topological polar surface area (TPSA) is 60.9 Å². The number of unbranched alkanes of at least 4 members (excludes halogenated alkanes) is 7. The second-order valence-corrected chi connectivity index (χ2v) is 8.42. The van der Waals surface area contributed by atoms with Crippen LogP contribution in [0.15, 0.2) is 23.9 Å². The van der Waals surface area contributed by atoms with E-state index in [1.165, 1.54) is 37.0 Å². The number of carbonyl (C=O) groups excluding carboxylic acids is 2. The monoisotopic (exact) mass is 414 g/mol. The standard InChI is InChI=1S/C25H38N2O3/c1-5-6-7-8-9-10-11-12-15-27-24(29)22(21-14-13-19(2)18-20(21)3)23(25(27)30)26(4)16-17-28/h13-14,18,28H,5-12,15-17H2,1-4H3. The first-order chi connectivity index (χ1) is 14.4. The van der Waals surface area contributed by atoms with Crippen LogP contribution < -0.4 is 0 Å². The van der Waals surface area contributed by atoms with Crippen LogP contribution in [0.4, 0.5) is 0 Å². The van der Waals surface area contributed by atoms with Crippen molar-refractivity contribution in [1.82, 2.24) is 9.80 Å². The maximum atomic E-state index is 13.3. The third kappa shape index (κ3) is 5.94. The number of aliphatic hydroxyl groups is 1. The van der Waals surface area contributed by atoms with Crippen molar-refractivity contribution in [2.75, 3.05) is 26.7 Å². The number of aryl methyl sites for hydroxylation is 2. The van der Waals surface area contributed by atoms with Gasteiger partial charge in [0.2, 0.25) is 0 Å². The number of likely N-dealkylation sites (N-methyl/N-ethyl adjacent to an activating group) is 1. The Kier molecular flexibility index (Phi) is 9.57. The van der Waals surface area contributed by atoms with E-state index in [0.717, 1.165) is 36.0 Å². The van der Waals surface area contributed by atoms with Gasteiger partial charge in [0.1, 0.15) is 5.70 Å². The smallest absolute Gasteiger partial charge is 0.277 e. The quantitative estimate of drug-likeness (QED) is 0.383. The molecule has 0 aromatic heterocycles. The molecular weight excluding hydrogens is 376 g/mol. The summed E-state index contributed by atoms with van der Waals surface area (Å²) in [5.74, 6) is -0.455. The first-order valence-corrected chi connectivity index (χ1v) is 11.4. The molecule has 0 fully saturated rings. The minimum absolute atomic E-state index is 0.0698. The molecule has 0 saturated heterocycles. The van der Waals surface area contributed by atoms with Gasteiger partial charge in [-0.2, -0.15) is 0 Å². The highest BCUT2D eigenvalue weighted by atomic mass is 16.3. The van der Waals surface area contributed by atoms with Crippen LogP contribution in [0.25, 0.3) is 5.57 Å². The molecule has 1 heterocycles. The highest BCUT2D eigenvalue weighted by Crippen LogP contribution is 2.33. The fraction of sp³-hybridized carbons (Fsp3) is 0.600. The van der Waals surface area contributed by atoms with Gasteiger partial charge in [0.05, 0.1) is 12.2 Å². The molecule has 2 rings (SSSR count). The zero-order chi connectivity index (χ0) is 22.1. The second kappa shape index (κ2) is 11.9. The molecule has 1 aromatic rings. The number of aliphatic hydroxyl groups excluding tert-OH is 1. The lowest BCUT2D eigenvalue weighted by Gasteiger charge is -2.20. The Bertz CT molecular complexity index is 770. The molecule has 0 spiro atoms. The van der Waals surface area contributed by atoms with Gasteiger partial charge in [-0.25, -0.2) is 0 Å². The first kappa shape index (κ1) is 24.1. The highest BCUT2D eigenvalue weighted by Gasteiger charge is 2.40. The Labute approximate surface area is 181 Å². The number of benzene rings is 1. The van der Waals surface area contributed by atoms with Crippen molar-refractivity contribution in [3.8, 4) is 0 Å². The molecule has 0 bridgehead atoms. The molecule has 5 nitrogen and oxygen atoms in total. The lowest BCUT2D eigenvalue weighted by Crippen LogP contribution is -2.35. The van der Waals surface area contributed by atoms with Gasteiger partial charge < -0.3 is 10.0 Å². The molecule has 2 amide bonds. The fourth-order valence-electron chi connectivity index (χ4n) is 4.12. The number of nitrogens with zero attached hydrogens (tertiary/aromatic N) is 2. The van der Waals surface area contributed by atoms with E-state index in [9.17, 15) is 14.7 Å². The summed E-state index contributed by atoms with van der Waals surface area (Å²) in [5, 5.41) is 9.37. The molecule has 1 N–H and O–H groups in total. The maximum absolute atomic E-state index is 13.3. The lowest BCUT2D eigenvalue weighted by molar-refractivity contribution is -0.137. The molecule has 30 heavy (non-hydrogen) atoms. The zero-order valence-corrected chi connectivity index (χ0v) is 19.2. The van der Waals surface area contributed by atoms with E-state index >= 15 is 0 Å². The van der Waals surface area contributed by atoms with Crippen molar-refractivity contribution in [2.45, 2.75) is 72.1 Å². The molecule has 0 saturated carbocycles. The summed E-state index contributed by atoms with van der Waals surface area (Å²) >= 11 is 0. The number of hydrogen-bond acceptors (Lipinski definition) is 4. The summed E-state index contributed by atoms with van der Waals surface area (Å²) in [6.45, 7) is 6.90. The Morgan fingerprint density at radius 1 is 0.933 bits per heavy atom. The third-order valence-electron chi connectivity index (χ3n) is 5.85. The van der Waals surface area contributed by atoms with E-state index in [2.05, 4.69) is 6.92 Å². The summed E-state index contributed by atoms with van der Waals surface area (Å²) in [6, 6.07) is 5.93. The number of hydrogen-bond donors (Lipinski definition) is 1. The van der Waals surface area contributed by atoms with Crippen LogP contribution in [0.1, 0.15) is 75.0 Å². The normalized spacial score (nSPS) is 14.2. The summed E-state index contributed by atoms with van der Waals surface area (Å²) in [6.07, 6.45) is 9.35. The largest absolute Gasteiger partial charge is 0.395 e. The summed E-state index contributed by atoms with van der Waals surface area (Å²) in [7, 11) is 1.76. The van der Waals surface area contributed by atoms with Crippen LogP contribution in [0, 0.1) is 13.8 Å². The van der Waals surface area contributed by atoms with Gasteiger partial charge in [-0.05, 0) is 31.4 Å². The molecule has 166 valence electrons. The summed E-state index contributed by atoms with van der Waals surface area (Å²) in [4.78, 5) is 29.5. The number of rotatable bonds is 13. The van der Waals surface area contributed by atoms with Crippen LogP contribution in [0.5, 0.6) is 0 Å². The Morgan fingerprint density at radius 2 is 1.57 bits per heavy atom. The van der Waals surface area contributed by atoms with Crippen molar-refractivity contribution in [3.05, 3.63) is 40.6 Å². The van der Waals surface area contributed by atoms with Crippen LogP contribution >= 0.6 is 0 Å². The summed E-state index contributed by atoms with van der Waals surface area (Å²) < 4.78 is 0. The first-order valence-electron chi connectivity index (χ1n) is 11.4. The van der Waals surface area contributed by atoms with E-state index in [4.69, 9.17) is 0 Å². The molecule has 1 aliphatic heterocycles. The Hall–Kier alpha value is -2.14. The molecule has 0 aliphatic carbocycles. The van der Waals surface area contributed by atoms with Crippen molar-refractivity contribution in [3.63, 3.8) is 0 Å². The molecule has 0 unspecified atom stereocenters. The van der Waals surface area contributed by atoms with Gasteiger partial charge >= 0.3 is 0 Å².